The van der Waals surface area contributed by atoms with Crippen LogP contribution in [-0.4, -0.2) is 23.8 Å². The Morgan fingerprint density at radius 3 is 2.48 bits per heavy atom. The molecule has 3 aromatic rings. The lowest BCUT2D eigenvalue weighted by atomic mass is 10.2. The second-order valence-electron chi connectivity index (χ2n) is 4.72. The monoisotopic (exact) mass is 300 g/mol. The Labute approximate surface area is 127 Å². The van der Waals surface area contributed by atoms with Gasteiger partial charge in [0, 0.05) is 0 Å². The molecule has 5 heteroatoms. The minimum Gasteiger partial charge on any atom is -0.497 e. The molecule has 0 aliphatic heterocycles. The summed E-state index contributed by atoms with van der Waals surface area (Å²) in [4.78, 5) is 3.22. The predicted molar refractivity (Wildman–Crippen MR) is 85.8 cm³/mol. The standard InChI is InChI=1S/C16H16N2O2S/c1-19-12-8-6-11(7-9-12)10-18-13-4-3-5-14(20-2)15(13)17-16(18)21/h3-9H,10H2,1-2H3,(H,17,21). The van der Waals surface area contributed by atoms with E-state index in [0.29, 0.717) is 11.3 Å². The number of hydrogen-bond acceptors (Lipinski definition) is 3. The third kappa shape index (κ3) is 2.52. The van der Waals surface area contributed by atoms with Crippen LogP contribution >= 0.6 is 12.2 Å². The highest BCUT2D eigenvalue weighted by atomic mass is 32.1. The van der Waals surface area contributed by atoms with Gasteiger partial charge in [0.05, 0.1) is 26.3 Å². The number of methoxy groups -OCH3 is 2. The van der Waals surface area contributed by atoms with Gasteiger partial charge in [0.1, 0.15) is 17.0 Å². The summed E-state index contributed by atoms with van der Waals surface area (Å²) < 4.78 is 13.3. The zero-order valence-electron chi connectivity index (χ0n) is 11.9. The number of rotatable bonds is 4. The van der Waals surface area contributed by atoms with E-state index in [4.69, 9.17) is 21.7 Å². The van der Waals surface area contributed by atoms with Crippen molar-refractivity contribution in [1.29, 1.82) is 0 Å². The van der Waals surface area contributed by atoms with Crippen molar-refractivity contribution in [3.05, 3.63) is 52.8 Å². The van der Waals surface area contributed by atoms with Crippen molar-refractivity contribution in [3.63, 3.8) is 0 Å². The van der Waals surface area contributed by atoms with Crippen LogP contribution in [0.15, 0.2) is 42.5 Å². The molecule has 4 nitrogen and oxygen atoms in total. The normalized spacial score (nSPS) is 10.8. The number of benzene rings is 2. The molecular formula is C16H16N2O2S. The van der Waals surface area contributed by atoms with E-state index in [0.717, 1.165) is 28.1 Å². The van der Waals surface area contributed by atoms with Crippen LogP contribution < -0.4 is 9.47 Å². The number of aromatic amines is 1. The van der Waals surface area contributed by atoms with E-state index in [2.05, 4.69) is 9.55 Å². The van der Waals surface area contributed by atoms with E-state index in [1.165, 1.54) is 0 Å². The minimum atomic E-state index is 0.685. The van der Waals surface area contributed by atoms with E-state index in [9.17, 15) is 0 Å². The molecule has 0 spiro atoms. The lowest BCUT2D eigenvalue weighted by Gasteiger charge is -2.07. The number of imidazole rings is 1. The Kier molecular flexibility index (Phi) is 3.66. The van der Waals surface area contributed by atoms with Crippen molar-refractivity contribution in [2.75, 3.05) is 14.2 Å². The zero-order chi connectivity index (χ0) is 14.8. The number of nitrogens with zero attached hydrogens (tertiary/aromatic N) is 1. The van der Waals surface area contributed by atoms with Gasteiger partial charge in [-0.15, -0.1) is 0 Å². The third-order valence-corrected chi connectivity index (χ3v) is 3.81. The van der Waals surface area contributed by atoms with Gasteiger partial charge in [-0.05, 0) is 42.0 Å². The molecular weight excluding hydrogens is 284 g/mol. The molecule has 0 atom stereocenters. The van der Waals surface area contributed by atoms with Gasteiger partial charge in [-0.25, -0.2) is 0 Å². The lowest BCUT2D eigenvalue weighted by Crippen LogP contribution is -1.99. The Morgan fingerprint density at radius 1 is 1.05 bits per heavy atom. The van der Waals surface area contributed by atoms with Gasteiger partial charge >= 0.3 is 0 Å². The molecule has 0 amide bonds. The molecule has 0 unspecified atom stereocenters. The Balaban J connectivity index is 2.03. The van der Waals surface area contributed by atoms with Crippen molar-refractivity contribution in [1.82, 2.24) is 9.55 Å². The highest BCUT2D eigenvalue weighted by Crippen LogP contribution is 2.25. The number of ether oxygens (including phenoxy) is 2. The summed E-state index contributed by atoms with van der Waals surface area (Å²) in [5.41, 5.74) is 3.13. The molecule has 1 heterocycles. The van der Waals surface area contributed by atoms with Crippen molar-refractivity contribution in [2.45, 2.75) is 6.54 Å². The fraction of sp³-hybridized carbons (Fsp3) is 0.188. The van der Waals surface area contributed by atoms with Crippen LogP contribution in [0.4, 0.5) is 0 Å². The molecule has 0 saturated carbocycles. The molecule has 0 radical (unpaired) electrons. The molecule has 1 aromatic heterocycles. The summed E-state index contributed by atoms with van der Waals surface area (Å²) in [5, 5.41) is 0. The Morgan fingerprint density at radius 2 is 1.81 bits per heavy atom. The van der Waals surface area contributed by atoms with Crippen molar-refractivity contribution in [2.24, 2.45) is 0 Å². The van der Waals surface area contributed by atoms with Gasteiger partial charge in [0.25, 0.3) is 0 Å². The second kappa shape index (κ2) is 5.61. The fourth-order valence-electron chi connectivity index (χ4n) is 2.39. The minimum absolute atomic E-state index is 0.685. The largest absolute Gasteiger partial charge is 0.497 e. The Bertz CT molecular complexity index is 818. The smallest absolute Gasteiger partial charge is 0.178 e. The predicted octanol–water partition coefficient (Wildman–Crippen LogP) is 3.76. The maximum Gasteiger partial charge on any atom is 0.178 e. The molecule has 0 fully saturated rings. The lowest BCUT2D eigenvalue weighted by molar-refractivity contribution is 0.414. The maximum atomic E-state index is 5.44. The van der Waals surface area contributed by atoms with Crippen LogP contribution in [0.2, 0.25) is 0 Å². The number of nitrogens with one attached hydrogen (secondary N) is 1. The summed E-state index contributed by atoms with van der Waals surface area (Å²) >= 11 is 5.44. The topological polar surface area (TPSA) is 39.2 Å². The summed E-state index contributed by atoms with van der Waals surface area (Å²) in [6, 6.07) is 13.9. The molecule has 0 aliphatic rings. The average Bonchev–Trinajstić information content (AvgIpc) is 2.84. The zero-order valence-corrected chi connectivity index (χ0v) is 12.7. The number of H-pyrrole nitrogens is 1. The first-order valence-electron chi connectivity index (χ1n) is 6.61. The second-order valence-corrected chi connectivity index (χ2v) is 5.11. The summed E-state index contributed by atoms with van der Waals surface area (Å²) in [6.45, 7) is 0.704. The number of hydrogen-bond donors (Lipinski definition) is 1. The molecule has 21 heavy (non-hydrogen) atoms. The summed E-state index contributed by atoms with van der Waals surface area (Å²) in [5.74, 6) is 1.65. The molecule has 3 rings (SSSR count). The van der Waals surface area contributed by atoms with Crippen molar-refractivity contribution in [3.8, 4) is 11.5 Å². The van der Waals surface area contributed by atoms with Crippen LogP contribution in [0.5, 0.6) is 11.5 Å². The molecule has 0 bridgehead atoms. The van der Waals surface area contributed by atoms with Crippen molar-refractivity contribution >= 4 is 23.3 Å². The number of para-hydroxylation sites is 1. The van der Waals surface area contributed by atoms with E-state index in [-0.39, 0.29) is 0 Å². The average molecular weight is 300 g/mol. The van der Waals surface area contributed by atoms with Gasteiger partial charge in [-0.1, -0.05) is 18.2 Å². The van der Waals surface area contributed by atoms with Crippen LogP contribution in [0.3, 0.4) is 0 Å². The quantitative estimate of drug-likeness (QED) is 0.746. The molecule has 0 saturated heterocycles. The Hall–Kier alpha value is -2.27. The maximum absolute atomic E-state index is 5.44. The van der Waals surface area contributed by atoms with Crippen LogP contribution in [0.1, 0.15) is 5.56 Å². The van der Waals surface area contributed by atoms with E-state index in [1.54, 1.807) is 14.2 Å². The highest BCUT2D eigenvalue weighted by Gasteiger charge is 2.09. The molecule has 108 valence electrons. The van der Waals surface area contributed by atoms with Crippen molar-refractivity contribution < 1.29 is 9.47 Å². The van der Waals surface area contributed by atoms with Gasteiger partial charge in [-0.2, -0.15) is 0 Å². The third-order valence-electron chi connectivity index (χ3n) is 3.49. The summed E-state index contributed by atoms with van der Waals surface area (Å²) in [6.07, 6.45) is 0. The van der Waals surface area contributed by atoms with Crippen LogP contribution in [-0.2, 0) is 6.54 Å². The first-order chi connectivity index (χ1) is 10.2. The van der Waals surface area contributed by atoms with E-state index >= 15 is 0 Å². The van der Waals surface area contributed by atoms with Crippen LogP contribution in [0, 0.1) is 4.77 Å². The SMILES string of the molecule is COc1ccc(Cn2c(=S)[nH]c3c(OC)cccc32)cc1. The first kappa shape index (κ1) is 13.7. The van der Waals surface area contributed by atoms with E-state index in [1.807, 2.05) is 42.5 Å². The number of fused-ring (bicyclic) bond motifs is 1. The molecule has 0 aliphatic carbocycles. The van der Waals surface area contributed by atoms with Gasteiger partial charge in [0.15, 0.2) is 4.77 Å². The summed E-state index contributed by atoms with van der Waals surface area (Å²) in [7, 11) is 3.32. The van der Waals surface area contributed by atoms with Gasteiger partial charge in [-0.3, -0.25) is 0 Å². The van der Waals surface area contributed by atoms with Crippen LogP contribution in [0.25, 0.3) is 11.0 Å². The molecule has 1 N–H and O–H groups in total. The van der Waals surface area contributed by atoms with Gasteiger partial charge < -0.3 is 19.0 Å². The first-order valence-corrected chi connectivity index (χ1v) is 7.02. The van der Waals surface area contributed by atoms with E-state index < -0.39 is 0 Å². The van der Waals surface area contributed by atoms with Gasteiger partial charge in [0.2, 0.25) is 0 Å². The highest BCUT2D eigenvalue weighted by molar-refractivity contribution is 7.71. The fourth-order valence-corrected chi connectivity index (χ4v) is 2.66. The molecule has 2 aromatic carbocycles. The number of aromatic nitrogens is 2.